The summed E-state index contributed by atoms with van der Waals surface area (Å²) in [4.78, 5) is 19.8. The van der Waals surface area contributed by atoms with Crippen molar-refractivity contribution < 1.29 is 15.0 Å². The molecule has 2 unspecified atom stereocenters. The van der Waals surface area contributed by atoms with Crippen LogP contribution < -0.4 is 0 Å². The van der Waals surface area contributed by atoms with Crippen molar-refractivity contribution >= 4 is 16.8 Å². The number of carbonyl (C=O) groups excluding carboxylic acids is 1. The summed E-state index contributed by atoms with van der Waals surface area (Å²) in [7, 11) is 1.95. The molecular weight excluding hydrogens is 306 g/mol. The lowest BCUT2D eigenvalue weighted by atomic mass is 9.96. The van der Waals surface area contributed by atoms with Gasteiger partial charge in [0.2, 0.25) is 0 Å². The molecule has 3 rings (SSSR count). The number of hydrogen-bond acceptors (Lipinski definition) is 4. The summed E-state index contributed by atoms with van der Waals surface area (Å²) in [5.74, 6) is 0.325. The molecule has 1 aromatic heterocycles. The molecule has 2 atom stereocenters. The first kappa shape index (κ1) is 17.0. The molecule has 0 spiro atoms. The molecule has 1 aliphatic rings. The van der Waals surface area contributed by atoms with E-state index in [2.05, 4.69) is 4.98 Å². The van der Waals surface area contributed by atoms with Crippen LogP contribution in [0.5, 0.6) is 0 Å². The molecule has 3 N–H and O–H groups in total. The van der Waals surface area contributed by atoms with Crippen molar-refractivity contribution in [3.05, 3.63) is 36.0 Å². The van der Waals surface area contributed by atoms with Gasteiger partial charge in [0.25, 0.3) is 5.91 Å². The Morgan fingerprint density at radius 2 is 2.08 bits per heavy atom. The van der Waals surface area contributed by atoms with E-state index >= 15 is 0 Å². The lowest BCUT2D eigenvalue weighted by Gasteiger charge is -2.23. The number of likely N-dealkylation sites (tertiary alicyclic amines) is 1. The van der Waals surface area contributed by atoms with E-state index in [-0.39, 0.29) is 31.0 Å². The van der Waals surface area contributed by atoms with Gasteiger partial charge in [-0.2, -0.15) is 0 Å². The van der Waals surface area contributed by atoms with Gasteiger partial charge in [-0.25, -0.2) is 0 Å². The van der Waals surface area contributed by atoms with Gasteiger partial charge in [-0.1, -0.05) is 6.07 Å². The predicted octanol–water partition coefficient (Wildman–Crippen LogP) is 0.772. The summed E-state index contributed by atoms with van der Waals surface area (Å²) < 4.78 is 0. The van der Waals surface area contributed by atoms with Crippen LogP contribution in [0.2, 0.25) is 0 Å². The highest BCUT2D eigenvalue weighted by Gasteiger charge is 2.35. The zero-order chi connectivity index (χ0) is 17.1. The van der Waals surface area contributed by atoms with Crippen molar-refractivity contribution in [3.8, 4) is 0 Å². The number of fused-ring (bicyclic) bond motifs is 1. The number of likely N-dealkylation sites (N-methyl/N-ethyl adjacent to an activating group) is 1. The minimum absolute atomic E-state index is 0.0114. The maximum Gasteiger partial charge on any atom is 0.253 e. The van der Waals surface area contributed by atoms with E-state index in [0.29, 0.717) is 25.2 Å². The van der Waals surface area contributed by atoms with Gasteiger partial charge in [-0.3, -0.25) is 4.79 Å². The number of amides is 1. The number of aromatic amines is 1. The average Bonchev–Trinajstić information content (AvgIpc) is 3.20. The van der Waals surface area contributed by atoms with E-state index in [4.69, 9.17) is 5.11 Å². The second-order valence-corrected chi connectivity index (χ2v) is 6.68. The predicted molar refractivity (Wildman–Crippen MR) is 92.9 cm³/mol. The van der Waals surface area contributed by atoms with Gasteiger partial charge in [-0.05, 0) is 36.6 Å². The molecule has 2 aromatic rings. The Labute approximate surface area is 141 Å². The fourth-order valence-corrected chi connectivity index (χ4v) is 3.54. The van der Waals surface area contributed by atoms with Crippen LogP contribution in [0.4, 0.5) is 0 Å². The monoisotopic (exact) mass is 331 g/mol. The van der Waals surface area contributed by atoms with Crippen LogP contribution in [0, 0.1) is 11.8 Å². The normalized spacial score (nSPS) is 21.1. The van der Waals surface area contributed by atoms with E-state index in [1.54, 1.807) is 0 Å². The quantitative estimate of drug-likeness (QED) is 0.731. The zero-order valence-electron chi connectivity index (χ0n) is 14.0. The Hall–Kier alpha value is -1.89. The molecule has 6 nitrogen and oxygen atoms in total. The number of H-pyrrole nitrogens is 1. The molecule has 2 heterocycles. The largest absolute Gasteiger partial charge is 0.396 e. The molecule has 1 amide bonds. The average molecular weight is 331 g/mol. The maximum atomic E-state index is 12.8. The maximum absolute atomic E-state index is 12.8. The third-order valence-corrected chi connectivity index (χ3v) is 4.93. The minimum Gasteiger partial charge on any atom is -0.396 e. The fraction of sp³-hybridized carbons (Fsp3) is 0.500. The van der Waals surface area contributed by atoms with Gasteiger partial charge >= 0.3 is 0 Å². The molecule has 0 bridgehead atoms. The first-order valence-electron chi connectivity index (χ1n) is 8.39. The third-order valence-electron chi connectivity index (χ3n) is 4.93. The number of aromatic nitrogens is 1. The van der Waals surface area contributed by atoms with E-state index in [0.717, 1.165) is 17.4 Å². The summed E-state index contributed by atoms with van der Waals surface area (Å²) in [5, 5.41) is 19.8. The smallest absolute Gasteiger partial charge is 0.253 e. The van der Waals surface area contributed by atoms with E-state index in [9.17, 15) is 9.90 Å². The number of nitrogens with one attached hydrogen (secondary N) is 1. The van der Waals surface area contributed by atoms with Crippen LogP contribution in [0.25, 0.3) is 10.9 Å². The highest BCUT2D eigenvalue weighted by molar-refractivity contribution is 5.98. The lowest BCUT2D eigenvalue weighted by Crippen LogP contribution is -2.33. The van der Waals surface area contributed by atoms with E-state index in [1.807, 2.05) is 47.3 Å². The summed E-state index contributed by atoms with van der Waals surface area (Å²) in [6, 6.07) is 7.67. The minimum atomic E-state index is 0.0114. The summed E-state index contributed by atoms with van der Waals surface area (Å²) in [6.07, 6.45) is 1.86. The van der Waals surface area contributed by atoms with Crippen LogP contribution in [0.15, 0.2) is 30.5 Å². The second kappa shape index (κ2) is 7.34. The van der Waals surface area contributed by atoms with Crippen molar-refractivity contribution in [1.29, 1.82) is 0 Å². The first-order valence-corrected chi connectivity index (χ1v) is 8.39. The number of aliphatic hydroxyl groups excluding tert-OH is 2. The van der Waals surface area contributed by atoms with Crippen molar-refractivity contribution in [2.75, 3.05) is 46.4 Å². The topological polar surface area (TPSA) is 79.8 Å². The number of aliphatic hydroxyl groups is 2. The summed E-state index contributed by atoms with van der Waals surface area (Å²) >= 11 is 0. The molecule has 1 aromatic carbocycles. The van der Waals surface area contributed by atoms with Crippen LogP contribution in [-0.2, 0) is 0 Å². The Morgan fingerprint density at radius 3 is 2.83 bits per heavy atom. The van der Waals surface area contributed by atoms with E-state index < -0.39 is 0 Å². The molecule has 6 heteroatoms. The van der Waals surface area contributed by atoms with Gasteiger partial charge in [-0.15, -0.1) is 0 Å². The first-order chi connectivity index (χ1) is 11.6. The molecule has 0 saturated carbocycles. The van der Waals surface area contributed by atoms with Gasteiger partial charge in [0.1, 0.15) is 0 Å². The summed E-state index contributed by atoms with van der Waals surface area (Å²) in [5.41, 5.74) is 1.63. The number of nitrogens with zero attached hydrogens (tertiary/aromatic N) is 2. The molecule has 24 heavy (non-hydrogen) atoms. The van der Waals surface area contributed by atoms with Crippen molar-refractivity contribution in [2.24, 2.45) is 11.8 Å². The fourth-order valence-electron chi connectivity index (χ4n) is 3.54. The highest BCUT2D eigenvalue weighted by Crippen LogP contribution is 2.26. The molecular formula is C18H25N3O3. The SMILES string of the molecule is CN(CCO)CC1CN(C(=O)c2ccc3cc[nH]c3c2)CC1CO. The van der Waals surface area contributed by atoms with Crippen molar-refractivity contribution in [2.45, 2.75) is 0 Å². The molecule has 0 radical (unpaired) electrons. The Kier molecular flexibility index (Phi) is 5.18. The van der Waals surface area contributed by atoms with Gasteiger partial charge in [0.15, 0.2) is 0 Å². The van der Waals surface area contributed by atoms with E-state index in [1.165, 1.54) is 0 Å². The Balaban J connectivity index is 1.70. The molecule has 0 aliphatic carbocycles. The number of benzene rings is 1. The zero-order valence-corrected chi connectivity index (χ0v) is 14.0. The second-order valence-electron chi connectivity index (χ2n) is 6.68. The highest BCUT2D eigenvalue weighted by atomic mass is 16.3. The van der Waals surface area contributed by atoms with Crippen LogP contribution in [0.1, 0.15) is 10.4 Å². The summed E-state index contributed by atoms with van der Waals surface area (Å²) in [6.45, 7) is 2.79. The van der Waals surface area contributed by atoms with Gasteiger partial charge in [0, 0.05) is 56.0 Å². The molecule has 130 valence electrons. The molecule has 1 saturated heterocycles. The Morgan fingerprint density at radius 1 is 1.29 bits per heavy atom. The number of rotatable bonds is 6. The third kappa shape index (κ3) is 3.45. The van der Waals surface area contributed by atoms with Crippen molar-refractivity contribution in [3.63, 3.8) is 0 Å². The number of hydrogen-bond donors (Lipinski definition) is 3. The molecule has 1 fully saturated rings. The van der Waals surface area contributed by atoms with Crippen LogP contribution >= 0.6 is 0 Å². The van der Waals surface area contributed by atoms with Gasteiger partial charge < -0.3 is 25.0 Å². The van der Waals surface area contributed by atoms with Gasteiger partial charge in [0.05, 0.1) is 6.61 Å². The van der Waals surface area contributed by atoms with Crippen molar-refractivity contribution in [1.82, 2.24) is 14.8 Å². The van der Waals surface area contributed by atoms with Crippen LogP contribution in [-0.4, -0.2) is 77.3 Å². The van der Waals surface area contributed by atoms with Crippen LogP contribution in [0.3, 0.4) is 0 Å². The molecule has 1 aliphatic heterocycles. The standard InChI is InChI=1S/C18H25N3O3/c1-20(6-7-22)9-15-10-21(11-16(15)12-23)18(24)14-3-2-13-4-5-19-17(13)8-14/h2-5,8,15-16,19,22-23H,6-7,9-12H2,1H3. The Bertz CT molecular complexity index is 700. The number of carbonyl (C=O) groups is 1. The lowest BCUT2D eigenvalue weighted by molar-refractivity contribution is 0.0779.